The molecule has 0 radical (unpaired) electrons. The largest absolute Gasteiger partial charge is 0.466 e. The Hall–Kier alpha value is -1.59. The van der Waals surface area contributed by atoms with E-state index in [0.717, 1.165) is 6.29 Å². The van der Waals surface area contributed by atoms with Crippen LogP contribution in [0.5, 0.6) is 0 Å². The number of hydrogen-bond acceptors (Lipinski definition) is 5. The molecule has 0 spiro atoms. The summed E-state index contributed by atoms with van der Waals surface area (Å²) in [5.41, 5.74) is -0.637. The fourth-order valence-electron chi connectivity index (χ4n) is 2.26. The molecule has 1 aliphatic heterocycles. The molecule has 1 saturated heterocycles. The Morgan fingerprint density at radius 3 is 2.45 bits per heavy atom. The van der Waals surface area contributed by atoms with Crippen LogP contribution in [0.15, 0.2) is 0 Å². The van der Waals surface area contributed by atoms with E-state index in [0.29, 0.717) is 19.4 Å². The number of likely N-dealkylation sites (tertiary alicyclic amines) is 1. The number of esters is 1. The predicted octanol–water partition coefficient (Wildman–Crippen LogP) is 1.91. The van der Waals surface area contributed by atoms with Gasteiger partial charge in [-0.25, -0.2) is 4.79 Å². The van der Waals surface area contributed by atoms with Gasteiger partial charge in [0.1, 0.15) is 11.9 Å². The summed E-state index contributed by atoms with van der Waals surface area (Å²) in [7, 11) is 0. The van der Waals surface area contributed by atoms with Crippen molar-refractivity contribution in [3.63, 3.8) is 0 Å². The SMILES string of the molecule is CCOC(=O)C[C@@H]1CC[C@@H](C=O)N1C(=O)OC(C)(C)C. The first-order valence-corrected chi connectivity index (χ1v) is 6.90. The maximum Gasteiger partial charge on any atom is 0.411 e. The van der Waals surface area contributed by atoms with Crippen LogP contribution in [0.25, 0.3) is 0 Å². The third-order valence-corrected chi connectivity index (χ3v) is 3.02. The topological polar surface area (TPSA) is 72.9 Å². The van der Waals surface area contributed by atoms with Gasteiger partial charge in [-0.15, -0.1) is 0 Å². The van der Waals surface area contributed by atoms with Crippen LogP contribution in [0.1, 0.15) is 47.0 Å². The second-order valence-corrected chi connectivity index (χ2v) is 5.83. The molecule has 0 saturated carbocycles. The number of nitrogens with zero attached hydrogens (tertiary/aromatic N) is 1. The van der Waals surface area contributed by atoms with E-state index in [1.165, 1.54) is 4.90 Å². The number of rotatable bonds is 4. The molecule has 1 heterocycles. The molecule has 0 N–H and O–H groups in total. The molecule has 0 aliphatic carbocycles. The van der Waals surface area contributed by atoms with Crippen molar-refractivity contribution < 1.29 is 23.9 Å². The lowest BCUT2D eigenvalue weighted by atomic mass is 10.1. The molecule has 1 fully saturated rings. The van der Waals surface area contributed by atoms with E-state index in [1.54, 1.807) is 27.7 Å². The van der Waals surface area contributed by atoms with E-state index in [1.807, 2.05) is 0 Å². The highest BCUT2D eigenvalue weighted by Crippen LogP contribution is 2.27. The van der Waals surface area contributed by atoms with Gasteiger partial charge in [0.15, 0.2) is 0 Å². The van der Waals surface area contributed by atoms with Crippen molar-refractivity contribution in [3.05, 3.63) is 0 Å². The van der Waals surface area contributed by atoms with Gasteiger partial charge in [0.2, 0.25) is 0 Å². The molecule has 20 heavy (non-hydrogen) atoms. The number of aldehydes is 1. The summed E-state index contributed by atoms with van der Waals surface area (Å²) < 4.78 is 10.2. The van der Waals surface area contributed by atoms with Gasteiger partial charge in [-0.2, -0.15) is 0 Å². The molecule has 6 nitrogen and oxygen atoms in total. The molecule has 6 heteroatoms. The maximum absolute atomic E-state index is 12.2. The predicted molar refractivity (Wildman–Crippen MR) is 72.2 cm³/mol. The Bertz CT molecular complexity index is 374. The van der Waals surface area contributed by atoms with E-state index >= 15 is 0 Å². The van der Waals surface area contributed by atoms with E-state index < -0.39 is 17.7 Å². The smallest absolute Gasteiger partial charge is 0.411 e. The summed E-state index contributed by atoms with van der Waals surface area (Å²) in [6.07, 6.45) is 1.42. The van der Waals surface area contributed by atoms with Crippen LogP contribution in [-0.4, -0.2) is 47.5 Å². The Kier molecular flexibility index (Phi) is 5.53. The van der Waals surface area contributed by atoms with Gasteiger partial charge in [0, 0.05) is 6.04 Å². The standard InChI is InChI=1S/C14H23NO5/c1-5-19-12(17)8-10-6-7-11(9-16)15(10)13(18)20-14(2,3)4/h9-11H,5-8H2,1-4H3/t10-,11-/m0/s1. The minimum Gasteiger partial charge on any atom is -0.466 e. The molecular formula is C14H23NO5. The van der Waals surface area contributed by atoms with Crippen LogP contribution in [0.2, 0.25) is 0 Å². The first kappa shape index (κ1) is 16.5. The first-order valence-electron chi connectivity index (χ1n) is 6.90. The quantitative estimate of drug-likeness (QED) is 0.582. The average Bonchev–Trinajstić information content (AvgIpc) is 2.69. The molecule has 0 aromatic heterocycles. The fourth-order valence-corrected chi connectivity index (χ4v) is 2.26. The van der Waals surface area contributed by atoms with Crippen molar-refractivity contribution in [2.75, 3.05) is 6.61 Å². The lowest BCUT2D eigenvalue weighted by Crippen LogP contribution is -2.45. The summed E-state index contributed by atoms with van der Waals surface area (Å²) in [5.74, 6) is -0.363. The van der Waals surface area contributed by atoms with Crippen molar-refractivity contribution in [1.29, 1.82) is 0 Å². The highest BCUT2D eigenvalue weighted by molar-refractivity contribution is 5.77. The third-order valence-electron chi connectivity index (χ3n) is 3.02. The van der Waals surface area contributed by atoms with Crippen LogP contribution in [0, 0.1) is 0 Å². The lowest BCUT2D eigenvalue weighted by Gasteiger charge is -2.30. The first-order chi connectivity index (χ1) is 9.28. The van der Waals surface area contributed by atoms with Crippen molar-refractivity contribution >= 4 is 18.3 Å². The summed E-state index contributed by atoms with van der Waals surface area (Å²) in [5, 5.41) is 0. The lowest BCUT2D eigenvalue weighted by molar-refractivity contribution is -0.144. The number of carbonyl (C=O) groups excluding carboxylic acids is 3. The summed E-state index contributed by atoms with van der Waals surface area (Å²) in [6, 6.07) is -0.858. The van der Waals surface area contributed by atoms with Gasteiger partial charge >= 0.3 is 12.1 Å². The molecule has 0 aromatic carbocycles. The van der Waals surface area contributed by atoms with Gasteiger partial charge in [-0.3, -0.25) is 9.69 Å². The molecule has 1 rings (SSSR count). The van der Waals surface area contributed by atoms with Crippen molar-refractivity contribution in [3.8, 4) is 0 Å². The molecule has 114 valence electrons. The normalized spacial score (nSPS) is 22.5. The molecule has 0 bridgehead atoms. The van der Waals surface area contributed by atoms with Crippen molar-refractivity contribution in [1.82, 2.24) is 4.90 Å². The molecule has 0 unspecified atom stereocenters. The summed E-state index contributed by atoms with van der Waals surface area (Å²) in [4.78, 5) is 36.2. The van der Waals surface area contributed by atoms with E-state index in [9.17, 15) is 14.4 Å². The molecule has 1 aliphatic rings. The number of hydrogen-bond donors (Lipinski definition) is 0. The molecule has 1 amide bonds. The van der Waals surface area contributed by atoms with Gasteiger partial charge in [0.25, 0.3) is 0 Å². The minimum absolute atomic E-state index is 0.0947. The maximum atomic E-state index is 12.2. The zero-order valence-electron chi connectivity index (χ0n) is 12.5. The Labute approximate surface area is 119 Å². The number of amides is 1. The third kappa shape index (κ3) is 4.51. The second-order valence-electron chi connectivity index (χ2n) is 5.83. The molecular weight excluding hydrogens is 262 g/mol. The molecule has 0 aromatic rings. The van der Waals surface area contributed by atoms with E-state index in [-0.39, 0.29) is 18.4 Å². The van der Waals surface area contributed by atoms with Crippen LogP contribution < -0.4 is 0 Å². The minimum atomic E-state index is -0.637. The zero-order chi connectivity index (χ0) is 15.3. The van der Waals surface area contributed by atoms with Gasteiger partial charge in [-0.05, 0) is 40.5 Å². The van der Waals surface area contributed by atoms with Crippen LogP contribution >= 0.6 is 0 Å². The summed E-state index contributed by atoms with van der Waals surface area (Å²) in [6.45, 7) is 7.31. The van der Waals surface area contributed by atoms with Crippen LogP contribution in [0.3, 0.4) is 0 Å². The second kappa shape index (κ2) is 6.72. The van der Waals surface area contributed by atoms with E-state index in [2.05, 4.69) is 0 Å². The summed E-state index contributed by atoms with van der Waals surface area (Å²) >= 11 is 0. The Morgan fingerprint density at radius 2 is 1.95 bits per heavy atom. The van der Waals surface area contributed by atoms with Crippen LogP contribution in [0.4, 0.5) is 4.79 Å². The van der Waals surface area contributed by atoms with E-state index in [4.69, 9.17) is 9.47 Å². The van der Waals surface area contributed by atoms with Crippen LogP contribution in [-0.2, 0) is 19.1 Å². The Balaban J connectivity index is 2.76. The molecule has 2 atom stereocenters. The van der Waals surface area contributed by atoms with Crippen molar-refractivity contribution in [2.45, 2.75) is 64.6 Å². The van der Waals surface area contributed by atoms with Crippen molar-refractivity contribution in [2.24, 2.45) is 0 Å². The van der Waals surface area contributed by atoms with Gasteiger partial charge < -0.3 is 14.3 Å². The monoisotopic (exact) mass is 285 g/mol. The van der Waals surface area contributed by atoms with Gasteiger partial charge in [0.05, 0.1) is 19.1 Å². The van der Waals surface area contributed by atoms with Gasteiger partial charge in [-0.1, -0.05) is 0 Å². The average molecular weight is 285 g/mol. The highest BCUT2D eigenvalue weighted by Gasteiger charge is 2.40. The zero-order valence-corrected chi connectivity index (χ0v) is 12.5. The Morgan fingerprint density at radius 1 is 1.30 bits per heavy atom. The number of carbonyl (C=O) groups is 3. The highest BCUT2D eigenvalue weighted by atomic mass is 16.6. The number of ether oxygens (including phenoxy) is 2. The fraction of sp³-hybridized carbons (Fsp3) is 0.786.